The maximum Gasteiger partial charge on any atom is 0.239 e. The molecule has 0 atom stereocenters. The Bertz CT molecular complexity index is 963. The van der Waals surface area contributed by atoms with Crippen molar-refractivity contribution in [3.8, 4) is 6.07 Å². The third-order valence-electron chi connectivity index (χ3n) is 4.97. The van der Waals surface area contributed by atoms with Gasteiger partial charge in [-0.25, -0.2) is 17.9 Å². The molecule has 6 nitrogen and oxygen atoms in total. The van der Waals surface area contributed by atoms with Crippen molar-refractivity contribution in [3.63, 3.8) is 0 Å². The Morgan fingerprint density at radius 3 is 2.44 bits per heavy atom. The molecule has 0 amide bonds. The molecule has 0 aromatic heterocycles. The number of nitriles is 1. The minimum absolute atomic E-state index is 0.0127. The first-order valence-electron chi connectivity index (χ1n) is 8.49. The number of anilines is 1. The maximum absolute atomic E-state index is 13.3. The van der Waals surface area contributed by atoms with Gasteiger partial charge in [-0.15, -0.1) is 0 Å². The second-order valence-electron chi connectivity index (χ2n) is 6.59. The molecule has 1 aliphatic heterocycles. The fourth-order valence-electron chi connectivity index (χ4n) is 3.43. The lowest BCUT2D eigenvalue weighted by Gasteiger charge is -2.38. The number of rotatable bonds is 5. The van der Waals surface area contributed by atoms with E-state index in [9.17, 15) is 18.1 Å². The number of nitrogens with zero attached hydrogens (tertiary/aromatic N) is 1. The third-order valence-corrected chi connectivity index (χ3v) is 5.92. The van der Waals surface area contributed by atoms with Gasteiger partial charge in [0.05, 0.1) is 11.3 Å². The zero-order valence-electron chi connectivity index (χ0n) is 14.6. The lowest BCUT2D eigenvalue weighted by Crippen LogP contribution is -2.40. The van der Waals surface area contributed by atoms with Gasteiger partial charge in [-0.05, 0) is 42.7 Å². The number of nitrogens with one attached hydrogen (secondary N) is 1. The van der Waals surface area contributed by atoms with Crippen molar-refractivity contribution < 1.29 is 17.5 Å². The fraction of sp³-hybridized carbons (Fsp3) is 0.316. The van der Waals surface area contributed by atoms with Gasteiger partial charge < -0.3 is 10.1 Å². The molecule has 0 unspecified atom stereocenters. The van der Waals surface area contributed by atoms with Crippen molar-refractivity contribution in [1.29, 1.82) is 5.26 Å². The average Bonchev–Trinajstić information content (AvgIpc) is 2.66. The SMILES string of the molecule is N#Cc1c(NCC2(c3ccc(F)cc3)CCOCC2)cccc1S(N)(=O)=O. The molecule has 1 fully saturated rings. The minimum atomic E-state index is -4.01. The van der Waals surface area contributed by atoms with E-state index in [0.717, 1.165) is 18.4 Å². The number of benzene rings is 2. The monoisotopic (exact) mass is 389 g/mol. The van der Waals surface area contributed by atoms with Crippen molar-refractivity contribution in [2.75, 3.05) is 25.1 Å². The summed E-state index contributed by atoms with van der Waals surface area (Å²) in [5.74, 6) is -0.304. The van der Waals surface area contributed by atoms with Gasteiger partial charge in [-0.2, -0.15) is 5.26 Å². The predicted molar refractivity (Wildman–Crippen MR) is 99.2 cm³/mol. The van der Waals surface area contributed by atoms with Crippen LogP contribution in [-0.4, -0.2) is 28.2 Å². The highest BCUT2D eigenvalue weighted by Gasteiger charge is 2.34. The van der Waals surface area contributed by atoms with Crippen LogP contribution in [0.2, 0.25) is 0 Å². The van der Waals surface area contributed by atoms with Gasteiger partial charge in [0.25, 0.3) is 0 Å². The Kier molecular flexibility index (Phi) is 5.46. The van der Waals surface area contributed by atoms with E-state index in [2.05, 4.69) is 5.32 Å². The summed E-state index contributed by atoms with van der Waals surface area (Å²) in [4.78, 5) is -0.210. The summed E-state index contributed by atoms with van der Waals surface area (Å²) in [5.41, 5.74) is 1.05. The van der Waals surface area contributed by atoms with Crippen LogP contribution in [0.3, 0.4) is 0 Å². The van der Waals surface area contributed by atoms with E-state index in [-0.39, 0.29) is 21.7 Å². The summed E-state index contributed by atoms with van der Waals surface area (Å²) < 4.78 is 42.3. The van der Waals surface area contributed by atoms with Gasteiger partial charge >= 0.3 is 0 Å². The third kappa shape index (κ3) is 4.11. The quantitative estimate of drug-likeness (QED) is 0.817. The summed E-state index contributed by atoms with van der Waals surface area (Å²) in [6, 6.07) is 12.8. The van der Waals surface area contributed by atoms with Crippen molar-refractivity contribution in [2.24, 2.45) is 5.14 Å². The van der Waals surface area contributed by atoms with E-state index < -0.39 is 10.0 Å². The van der Waals surface area contributed by atoms with Crippen LogP contribution in [0.25, 0.3) is 0 Å². The summed E-state index contributed by atoms with van der Waals surface area (Å²) >= 11 is 0. The van der Waals surface area contributed by atoms with Crippen LogP contribution in [0.15, 0.2) is 47.4 Å². The first-order chi connectivity index (χ1) is 12.9. The Labute approximate surface area is 157 Å². The van der Waals surface area contributed by atoms with E-state index in [4.69, 9.17) is 9.88 Å². The molecule has 3 rings (SSSR count). The summed E-state index contributed by atoms with van der Waals surface area (Å²) in [7, 11) is -4.01. The molecule has 3 N–H and O–H groups in total. The number of hydrogen-bond donors (Lipinski definition) is 2. The second-order valence-corrected chi connectivity index (χ2v) is 8.12. The van der Waals surface area contributed by atoms with Crippen molar-refractivity contribution in [2.45, 2.75) is 23.2 Å². The highest BCUT2D eigenvalue weighted by Crippen LogP contribution is 2.36. The van der Waals surface area contributed by atoms with Crippen LogP contribution in [-0.2, 0) is 20.2 Å². The molecule has 2 aromatic rings. The van der Waals surface area contributed by atoms with Gasteiger partial charge in [-0.1, -0.05) is 18.2 Å². The average molecular weight is 389 g/mol. The predicted octanol–water partition coefficient (Wildman–Crippen LogP) is 2.51. The van der Waals surface area contributed by atoms with E-state index in [1.165, 1.54) is 24.3 Å². The summed E-state index contributed by atoms with van der Waals surface area (Å²) in [5, 5.41) is 17.9. The first-order valence-corrected chi connectivity index (χ1v) is 10.0. The molecule has 0 bridgehead atoms. The first kappa shape index (κ1) is 19.3. The van der Waals surface area contributed by atoms with Gasteiger partial charge in [0, 0.05) is 25.2 Å². The zero-order chi connectivity index (χ0) is 19.5. The van der Waals surface area contributed by atoms with E-state index in [0.29, 0.717) is 25.4 Å². The molecule has 142 valence electrons. The molecule has 0 radical (unpaired) electrons. The normalized spacial score (nSPS) is 16.5. The van der Waals surface area contributed by atoms with Crippen LogP contribution in [0.4, 0.5) is 10.1 Å². The lowest BCUT2D eigenvalue weighted by molar-refractivity contribution is 0.0543. The maximum atomic E-state index is 13.3. The van der Waals surface area contributed by atoms with E-state index >= 15 is 0 Å². The molecule has 0 saturated carbocycles. The highest BCUT2D eigenvalue weighted by atomic mass is 32.2. The molecule has 8 heteroatoms. The molecule has 0 spiro atoms. The van der Waals surface area contributed by atoms with E-state index in [1.807, 2.05) is 6.07 Å². The molecule has 0 aliphatic carbocycles. The van der Waals surface area contributed by atoms with Crippen LogP contribution >= 0.6 is 0 Å². The minimum Gasteiger partial charge on any atom is -0.383 e. The smallest absolute Gasteiger partial charge is 0.239 e. The molecular weight excluding hydrogens is 369 g/mol. The molecular formula is C19H20FN3O3S. The number of nitrogens with two attached hydrogens (primary N) is 1. The van der Waals surface area contributed by atoms with Crippen LogP contribution in [0, 0.1) is 17.1 Å². The van der Waals surface area contributed by atoms with Gasteiger partial charge in [0.2, 0.25) is 10.0 Å². The van der Waals surface area contributed by atoms with Gasteiger partial charge in [0.15, 0.2) is 0 Å². The van der Waals surface area contributed by atoms with E-state index in [1.54, 1.807) is 18.2 Å². The van der Waals surface area contributed by atoms with Crippen molar-refractivity contribution in [3.05, 3.63) is 59.4 Å². The Balaban J connectivity index is 1.93. The van der Waals surface area contributed by atoms with Gasteiger partial charge in [-0.3, -0.25) is 0 Å². The molecule has 27 heavy (non-hydrogen) atoms. The Hall–Kier alpha value is -2.47. The lowest BCUT2D eigenvalue weighted by atomic mass is 9.74. The van der Waals surface area contributed by atoms with Gasteiger partial charge in [0.1, 0.15) is 16.8 Å². The second kappa shape index (κ2) is 7.64. The topological polar surface area (TPSA) is 105 Å². The summed E-state index contributed by atoms with van der Waals surface area (Å²) in [6.45, 7) is 1.59. The Morgan fingerprint density at radius 1 is 1.19 bits per heavy atom. The number of sulfonamides is 1. The molecule has 1 aliphatic rings. The van der Waals surface area contributed by atoms with Crippen LogP contribution < -0.4 is 10.5 Å². The van der Waals surface area contributed by atoms with Crippen LogP contribution in [0.5, 0.6) is 0 Å². The number of halogens is 1. The standard InChI is InChI=1S/C19H20FN3O3S/c20-15-6-4-14(5-7-15)19(8-10-26-11-9-19)13-23-17-2-1-3-18(16(17)12-21)27(22,24)25/h1-7,23H,8-11,13H2,(H2,22,24,25). The Morgan fingerprint density at radius 2 is 1.85 bits per heavy atom. The van der Waals surface area contributed by atoms with Crippen molar-refractivity contribution in [1.82, 2.24) is 0 Å². The molecule has 2 aromatic carbocycles. The molecule has 1 heterocycles. The van der Waals surface area contributed by atoms with Crippen molar-refractivity contribution >= 4 is 15.7 Å². The number of primary sulfonamides is 1. The largest absolute Gasteiger partial charge is 0.383 e. The summed E-state index contributed by atoms with van der Waals surface area (Å²) in [6.07, 6.45) is 1.45. The molecule has 1 saturated heterocycles. The number of ether oxygens (including phenoxy) is 1. The number of hydrogen-bond acceptors (Lipinski definition) is 5. The highest BCUT2D eigenvalue weighted by molar-refractivity contribution is 7.89. The zero-order valence-corrected chi connectivity index (χ0v) is 15.4. The van der Waals surface area contributed by atoms with Crippen LogP contribution in [0.1, 0.15) is 24.0 Å². The fourth-order valence-corrected chi connectivity index (χ4v) is 4.14.